The van der Waals surface area contributed by atoms with Gasteiger partial charge < -0.3 is 9.47 Å². The van der Waals surface area contributed by atoms with E-state index in [0.717, 1.165) is 25.9 Å². The molecule has 4 fully saturated rings. The fourth-order valence-electron chi connectivity index (χ4n) is 8.89. The van der Waals surface area contributed by atoms with Gasteiger partial charge in [0.15, 0.2) is 5.79 Å². The Labute approximate surface area is 230 Å². The first-order valence-electron chi connectivity index (χ1n) is 14.6. The van der Waals surface area contributed by atoms with E-state index in [9.17, 15) is 4.79 Å². The van der Waals surface area contributed by atoms with Crippen LogP contribution in [0.25, 0.3) is 0 Å². The van der Waals surface area contributed by atoms with Gasteiger partial charge in [0.1, 0.15) is 0 Å². The molecule has 0 N–H and O–H groups in total. The Hall–Kier alpha value is 0.370. The molecule has 0 aromatic heterocycles. The van der Waals surface area contributed by atoms with Crippen molar-refractivity contribution in [2.45, 2.75) is 91.3 Å². The first-order chi connectivity index (χ1) is 17.0. The molecule has 0 aromatic rings. The van der Waals surface area contributed by atoms with Crippen molar-refractivity contribution >= 4 is 33.1 Å². The predicted molar refractivity (Wildman–Crippen MR) is 160 cm³/mol. The van der Waals surface area contributed by atoms with Crippen molar-refractivity contribution < 1.29 is 18.5 Å². The molecule has 5 aliphatic rings. The summed E-state index contributed by atoms with van der Waals surface area (Å²) in [6.45, 7) is 12.0. The zero-order valence-corrected chi connectivity index (χ0v) is 26.8. The van der Waals surface area contributed by atoms with E-state index < -0.39 is 13.3 Å². The van der Waals surface area contributed by atoms with Gasteiger partial charge in [0, 0.05) is 0 Å². The maximum Gasteiger partial charge on any atom is 0.0736 e. The topological polar surface area (TPSA) is 44.8 Å². The molecule has 3 saturated carbocycles. The number of fused-ring (bicyclic) bond motifs is 5. The van der Waals surface area contributed by atoms with E-state index in [1.807, 2.05) is 0 Å². The second-order valence-corrected chi connectivity index (χ2v) is 26.1. The van der Waals surface area contributed by atoms with Gasteiger partial charge in [-0.3, -0.25) is 0 Å². The summed E-state index contributed by atoms with van der Waals surface area (Å²) in [7, 11) is -0.839. The van der Waals surface area contributed by atoms with Crippen LogP contribution in [0.5, 0.6) is 0 Å². The van der Waals surface area contributed by atoms with Gasteiger partial charge in [0.25, 0.3) is 0 Å². The third kappa shape index (κ3) is 4.90. The van der Waals surface area contributed by atoms with E-state index in [0.29, 0.717) is 42.7 Å². The molecule has 7 unspecified atom stereocenters. The standard InChI is InChI=1S/C30H51IO4S/c1-7-8-15-31-36(5,6)35-20-21(2)23-9-10-24-27-25(11-12-29(23,24)4)28(3)13-14-30(33-16-17-34-30)19-22(28)18-26(27)32/h18,21,23-25,27,31H,7-17,19-20H2,1-6H3. The number of ether oxygens (including phenoxy) is 2. The minimum atomic E-state index is -0.839. The van der Waals surface area contributed by atoms with Crippen molar-refractivity contribution in [3.63, 3.8) is 0 Å². The minimum Gasteiger partial charge on any atom is -0.347 e. The van der Waals surface area contributed by atoms with E-state index >= 15 is 0 Å². The largest absolute Gasteiger partial charge is 0.347 e. The Morgan fingerprint density at radius 3 is 2.58 bits per heavy atom. The van der Waals surface area contributed by atoms with Gasteiger partial charge in [0.05, 0.1) is 13.2 Å². The average Bonchev–Trinajstić information content (AvgIpc) is 3.43. The maximum atomic E-state index is 13.8. The van der Waals surface area contributed by atoms with Gasteiger partial charge in [-0.05, 0) is 0 Å². The Morgan fingerprint density at radius 2 is 1.86 bits per heavy atom. The molecule has 0 amide bonds. The fraction of sp³-hybridized carbons (Fsp3) is 0.900. The molecule has 6 heteroatoms. The number of carbonyl (C=O) groups is 1. The molecule has 0 radical (unpaired) electrons. The molecule has 208 valence electrons. The van der Waals surface area contributed by atoms with Crippen LogP contribution in [0, 0.1) is 40.4 Å². The SMILES string of the molecule is CCCC[IH]S(C)(C)OCC(C)C1CCC2C3C(=O)C=C4CC5(CCC4(C)C3CCC12C)OCCO5. The zero-order chi connectivity index (χ0) is 25.8. The van der Waals surface area contributed by atoms with Crippen LogP contribution >= 0.6 is 27.3 Å². The minimum absolute atomic E-state index is 0.0416. The number of hydrogen-bond donors (Lipinski definition) is 0. The molecule has 5 rings (SSSR count). The Morgan fingerprint density at radius 1 is 1.11 bits per heavy atom. The number of hydrogen-bond acceptors (Lipinski definition) is 4. The molecule has 1 heterocycles. The summed E-state index contributed by atoms with van der Waals surface area (Å²) in [6, 6.07) is 0. The number of halogens is 1. The normalized spacial score (nSPS) is 41.1. The van der Waals surface area contributed by atoms with Crippen LogP contribution in [0.1, 0.15) is 85.5 Å². The first-order valence-corrected chi connectivity index (χ1v) is 21.4. The van der Waals surface area contributed by atoms with Crippen molar-refractivity contribution in [2.75, 3.05) is 36.8 Å². The third-order valence-electron chi connectivity index (χ3n) is 11.0. The average molecular weight is 635 g/mol. The van der Waals surface area contributed by atoms with Crippen molar-refractivity contribution in [3.05, 3.63) is 11.6 Å². The summed E-state index contributed by atoms with van der Waals surface area (Å²) in [5.74, 6) is 2.43. The van der Waals surface area contributed by atoms with Gasteiger partial charge in [-0.1, -0.05) is 0 Å². The summed E-state index contributed by atoms with van der Waals surface area (Å²) in [6.07, 6.45) is 17.3. The Kier molecular flexibility index (Phi) is 8.07. The van der Waals surface area contributed by atoms with Crippen LogP contribution in [0.15, 0.2) is 11.6 Å². The number of ketones is 1. The Balaban J connectivity index is 1.29. The van der Waals surface area contributed by atoms with Crippen molar-refractivity contribution in [1.29, 1.82) is 0 Å². The van der Waals surface area contributed by atoms with Crippen molar-refractivity contribution in [1.82, 2.24) is 0 Å². The molecule has 4 nitrogen and oxygen atoms in total. The molecule has 0 bridgehead atoms. The van der Waals surface area contributed by atoms with E-state index in [-0.39, 0.29) is 36.6 Å². The number of allylic oxidation sites excluding steroid dienone is 1. The van der Waals surface area contributed by atoms with Crippen LogP contribution in [0.2, 0.25) is 0 Å². The third-order valence-corrected chi connectivity index (χ3v) is 20.4. The molecule has 7 atom stereocenters. The second kappa shape index (κ2) is 10.4. The molecular weight excluding hydrogens is 583 g/mol. The summed E-state index contributed by atoms with van der Waals surface area (Å²) >= 11 is -0.0416. The van der Waals surface area contributed by atoms with Gasteiger partial charge in [-0.25, -0.2) is 0 Å². The number of unbranched alkanes of at least 4 members (excludes halogenated alkanes) is 1. The molecular formula is C30H51IO4S. The van der Waals surface area contributed by atoms with Crippen LogP contribution < -0.4 is 0 Å². The molecule has 1 spiro atoms. The Bertz CT molecular complexity index is 867. The summed E-state index contributed by atoms with van der Waals surface area (Å²) < 4.78 is 20.2. The quantitative estimate of drug-likeness (QED) is 0.157. The van der Waals surface area contributed by atoms with Crippen LogP contribution in [-0.2, 0) is 18.5 Å². The second-order valence-electron chi connectivity index (χ2n) is 13.3. The van der Waals surface area contributed by atoms with Gasteiger partial charge in [0.2, 0.25) is 0 Å². The van der Waals surface area contributed by atoms with E-state index in [1.54, 1.807) is 0 Å². The summed E-state index contributed by atoms with van der Waals surface area (Å²) in [4.78, 5) is 13.8. The van der Waals surface area contributed by atoms with E-state index in [4.69, 9.17) is 13.7 Å². The molecule has 4 aliphatic carbocycles. The number of carbonyl (C=O) groups excluding carboxylic acids is 1. The van der Waals surface area contributed by atoms with Gasteiger partial charge >= 0.3 is 203 Å². The molecule has 36 heavy (non-hydrogen) atoms. The monoisotopic (exact) mass is 634 g/mol. The summed E-state index contributed by atoms with van der Waals surface area (Å²) in [5, 5.41) is 0. The maximum absolute atomic E-state index is 13.8. The van der Waals surface area contributed by atoms with Crippen LogP contribution in [-0.4, -0.2) is 48.3 Å². The summed E-state index contributed by atoms with van der Waals surface area (Å²) in [5.41, 5.74) is 1.72. The van der Waals surface area contributed by atoms with E-state index in [2.05, 4.69) is 46.3 Å². The van der Waals surface area contributed by atoms with Gasteiger partial charge in [-0.2, -0.15) is 0 Å². The number of alkyl halides is 1. The van der Waals surface area contributed by atoms with Gasteiger partial charge in [-0.15, -0.1) is 0 Å². The van der Waals surface area contributed by atoms with Crippen molar-refractivity contribution in [3.8, 4) is 0 Å². The van der Waals surface area contributed by atoms with Crippen LogP contribution in [0.3, 0.4) is 0 Å². The molecule has 1 aliphatic heterocycles. The zero-order valence-electron chi connectivity index (χ0n) is 23.6. The smallest absolute Gasteiger partial charge is 0.0736 e. The first kappa shape index (κ1) is 27.9. The predicted octanol–water partition coefficient (Wildman–Crippen LogP) is 7.54. The van der Waals surface area contributed by atoms with Crippen molar-refractivity contribution in [2.24, 2.45) is 40.4 Å². The molecule has 0 aromatic carbocycles. The van der Waals surface area contributed by atoms with Crippen LogP contribution in [0.4, 0.5) is 0 Å². The molecule has 1 saturated heterocycles. The fourth-order valence-corrected chi connectivity index (χ4v) is 16.4. The van der Waals surface area contributed by atoms with E-state index in [1.165, 1.54) is 48.5 Å². The number of rotatable bonds is 8.